The van der Waals surface area contributed by atoms with Crippen LogP contribution in [0.1, 0.15) is 23.5 Å². The Kier molecular flexibility index (Phi) is 3.86. The van der Waals surface area contributed by atoms with E-state index in [4.69, 9.17) is 0 Å². The molecule has 1 unspecified atom stereocenters. The van der Waals surface area contributed by atoms with Crippen molar-refractivity contribution in [2.45, 2.75) is 19.1 Å². The molecule has 1 N–H and O–H groups in total. The minimum Gasteiger partial charge on any atom is -0.311 e. The van der Waals surface area contributed by atoms with Gasteiger partial charge in [-0.1, -0.05) is 29.5 Å². The normalized spacial score (nSPS) is 13.5. The van der Waals surface area contributed by atoms with Crippen molar-refractivity contribution in [3.05, 3.63) is 34.8 Å². The van der Waals surface area contributed by atoms with E-state index in [9.17, 15) is 13.2 Å². The summed E-state index contributed by atoms with van der Waals surface area (Å²) < 4.78 is 38.7. The third-order valence-corrected chi connectivity index (χ3v) is 3.85. The highest BCUT2D eigenvalue weighted by atomic mass is 32.1. The Labute approximate surface area is 112 Å². The molecule has 2 rings (SSSR count). The molecule has 0 saturated carbocycles. The van der Waals surface area contributed by atoms with Gasteiger partial charge in [-0.3, -0.25) is 0 Å². The van der Waals surface area contributed by atoms with Crippen molar-refractivity contribution in [3.63, 3.8) is 0 Å². The molecule has 1 aromatic carbocycles. The van der Waals surface area contributed by atoms with Crippen molar-refractivity contribution < 1.29 is 13.2 Å². The second kappa shape index (κ2) is 5.26. The quantitative estimate of drug-likeness (QED) is 0.938. The average molecular weight is 287 g/mol. The fraction of sp³-hybridized carbons (Fsp3) is 0.333. The number of aromatic nitrogens is 2. The summed E-state index contributed by atoms with van der Waals surface area (Å²) in [5, 5.41) is 11.7. The molecule has 0 saturated heterocycles. The monoisotopic (exact) mass is 287 g/mol. The zero-order chi connectivity index (χ0) is 14.0. The zero-order valence-corrected chi connectivity index (χ0v) is 11.1. The van der Waals surface area contributed by atoms with Gasteiger partial charge in [-0.05, 0) is 20.0 Å². The minimum atomic E-state index is -4.39. The van der Waals surface area contributed by atoms with Gasteiger partial charge in [0.05, 0.1) is 11.6 Å². The van der Waals surface area contributed by atoms with E-state index >= 15 is 0 Å². The van der Waals surface area contributed by atoms with Gasteiger partial charge in [-0.2, -0.15) is 13.2 Å². The van der Waals surface area contributed by atoms with Gasteiger partial charge in [0.15, 0.2) is 0 Å². The molecule has 1 atom stereocenters. The largest absolute Gasteiger partial charge is 0.417 e. The van der Waals surface area contributed by atoms with Crippen LogP contribution in [0.25, 0.3) is 10.6 Å². The summed E-state index contributed by atoms with van der Waals surface area (Å²) >= 11 is 1.16. The second-order valence-electron chi connectivity index (χ2n) is 4.00. The lowest BCUT2D eigenvalue weighted by molar-refractivity contribution is -0.137. The maximum absolute atomic E-state index is 12.9. The Balaban J connectivity index is 2.45. The van der Waals surface area contributed by atoms with Crippen LogP contribution in [0.3, 0.4) is 0 Å². The fourth-order valence-corrected chi connectivity index (χ4v) is 2.50. The van der Waals surface area contributed by atoms with Gasteiger partial charge >= 0.3 is 6.18 Å². The topological polar surface area (TPSA) is 37.8 Å². The molecule has 0 bridgehead atoms. The summed E-state index contributed by atoms with van der Waals surface area (Å²) in [6.45, 7) is 1.87. The summed E-state index contributed by atoms with van der Waals surface area (Å²) in [7, 11) is 1.76. The standard InChI is InChI=1S/C12H12F3N3S/c1-7(16-2)10-17-18-11(19-10)8-5-3-4-6-9(8)12(13,14)15/h3-7,16H,1-2H3. The van der Waals surface area contributed by atoms with Crippen LogP contribution < -0.4 is 5.32 Å². The zero-order valence-electron chi connectivity index (χ0n) is 10.3. The Hall–Kier alpha value is -1.47. The van der Waals surface area contributed by atoms with E-state index in [-0.39, 0.29) is 16.6 Å². The van der Waals surface area contributed by atoms with Crippen molar-refractivity contribution >= 4 is 11.3 Å². The molecular weight excluding hydrogens is 275 g/mol. The molecular formula is C12H12F3N3S. The number of halogens is 3. The van der Waals surface area contributed by atoms with Gasteiger partial charge in [-0.15, -0.1) is 10.2 Å². The average Bonchev–Trinajstić information content (AvgIpc) is 2.86. The van der Waals surface area contributed by atoms with Gasteiger partial charge in [0.2, 0.25) is 0 Å². The molecule has 0 aliphatic carbocycles. The van der Waals surface area contributed by atoms with Crippen molar-refractivity contribution in [3.8, 4) is 10.6 Å². The molecule has 102 valence electrons. The first-order valence-corrected chi connectivity index (χ1v) is 6.42. The summed E-state index contributed by atoms with van der Waals surface area (Å²) in [4.78, 5) is 0. The van der Waals surface area contributed by atoms with Crippen molar-refractivity contribution in [1.29, 1.82) is 0 Å². The maximum Gasteiger partial charge on any atom is 0.417 e. The van der Waals surface area contributed by atoms with Gasteiger partial charge in [0, 0.05) is 5.56 Å². The SMILES string of the molecule is CNC(C)c1nnc(-c2ccccc2C(F)(F)F)s1. The summed E-state index contributed by atoms with van der Waals surface area (Å²) in [6, 6.07) is 5.36. The summed E-state index contributed by atoms with van der Waals surface area (Å²) in [5.41, 5.74) is -0.614. The maximum atomic E-state index is 12.9. The van der Waals surface area contributed by atoms with Crippen LogP contribution >= 0.6 is 11.3 Å². The summed E-state index contributed by atoms with van der Waals surface area (Å²) in [5.74, 6) is 0. The van der Waals surface area contributed by atoms with Crippen LogP contribution in [-0.2, 0) is 6.18 Å². The third-order valence-electron chi connectivity index (χ3n) is 2.71. The lowest BCUT2D eigenvalue weighted by Crippen LogP contribution is -2.11. The number of hydrogen-bond donors (Lipinski definition) is 1. The minimum absolute atomic E-state index is 0.0377. The molecule has 0 spiro atoms. The Bertz CT molecular complexity index is 565. The molecule has 1 heterocycles. The molecule has 19 heavy (non-hydrogen) atoms. The fourth-order valence-electron chi connectivity index (χ4n) is 1.56. The first-order valence-electron chi connectivity index (χ1n) is 5.60. The number of alkyl halides is 3. The van der Waals surface area contributed by atoms with Crippen LogP contribution in [0.15, 0.2) is 24.3 Å². The van der Waals surface area contributed by atoms with Crippen LogP contribution in [0.2, 0.25) is 0 Å². The van der Waals surface area contributed by atoms with Crippen molar-refractivity contribution in [1.82, 2.24) is 15.5 Å². The molecule has 0 aliphatic rings. The lowest BCUT2D eigenvalue weighted by Gasteiger charge is -2.10. The number of benzene rings is 1. The van der Waals surface area contributed by atoms with E-state index in [0.29, 0.717) is 5.01 Å². The van der Waals surface area contributed by atoms with Crippen molar-refractivity contribution in [2.75, 3.05) is 7.05 Å². The molecule has 0 aliphatic heterocycles. The van der Waals surface area contributed by atoms with E-state index in [1.807, 2.05) is 6.92 Å². The lowest BCUT2D eigenvalue weighted by atomic mass is 10.1. The van der Waals surface area contributed by atoms with Crippen LogP contribution in [0.4, 0.5) is 13.2 Å². The first kappa shape index (κ1) is 14.0. The number of hydrogen-bond acceptors (Lipinski definition) is 4. The van der Waals surface area contributed by atoms with E-state index in [2.05, 4.69) is 15.5 Å². The number of rotatable bonds is 3. The number of nitrogens with one attached hydrogen (secondary N) is 1. The van der Waals surface area contributed by atoms with Gasteiger partial charge < -0.3 is 5.32 Å². The van der Waals surface area contributed by atoms with E-state index < -0.39 is 11.7 Å². The van der Waals surface area contributed by atoms with Gasteiger partial charge in [-0.25, -0.2) is 0 Å². The Morgan fingerprint density at radius 3 is 2.53 bits per heavy atom. The van der Waals surface area contributed by atoms with E-state index in [1.54, 1.807) is 13.1 Å². The Morgan fingerprint density at radius 2 is 1.89 bits per heavy atom. The molecule has 1 aromatic heterocycles. The molecule has 0 fully saturated rings. The van der Waals surface area contributed by atoms with Crippen LogP contribution in [0, 0.1) is 0 Å². The van der Waals surface area contributed by atoms with Gasteiger partial charge in [0.1, 0.15) is 10.0 Å². The second-order valence-corrected chi connectivity index (χ2v) is 5.01. The predicted octanol–water partition coefficient (Wildman–Crippen LogP) is 3.50. The van der Waals surface area contributed by atoms with Crippen molar-refractivity contribution in [2.24, 2.45) is 0 Å². The molecule has 0 radical (unpaired) electrons. The third kappa shape index (κ3) is 2.93. The predicted molar refractivity (Wildman–Crippen MR) is 67.8 cm³/mol. The number of nitrogens with zero attached hydrogens (tertiary/aromatic N) is 2. The van der Waals surface area contributed by atoms with Gasteiger partial charge in [0.25, 0.3) is 0 Å². The van der Waals surface area contributed by atoms with Crippen LogP contribution in [-0.4, -0.2) is 17.2 Å². The van der Waals surface area contributed by atoms with Crippen LogP contribution in [0.5, 0.6) is 0 Å². The highest BCUT2D eigenvalue weighted by Gasteiger charge is 2.34. The summed E-state index contributed by atoms with van der Waals surface area (Å²) in [6.07, 6.45) is -4.39. The van der Waals surface area contributed by atoms with E-state index in [1.165, 1.54) is 12.1 Å². The molecule has 3 nitrogen and oxygen atoms in total. The molecule has 7 heteroatoms. The molecule has 2 aromatic rings. The highest BCUT2D eigenvalue weighted by Crippen LogP contribution is 2.38. The van der Waals surface area contributed by atoms with E-state index in [0.717, 1.165) is 17.4 Å². The first-order chi connectivity index (χ1) is 8.93. The highest BCUT2D eigenvalue weighted by molar-refractivity contribution is 7.14. The molecule has 0 amide bonds. The smallest absolute Gasteiger partial charge is 0.311 e. The Morgan fingerprint density at radius 1 is 1.21 bits per heavy atom.